The van der Waals surface area contributed by atoms with E-state index in [0.717, 1.165) is 41.9 Å². The van der Waals surface area contributed by atoms with E-state index in [4.69, 9.17) is 9.94 Å². The van der Waals surface area contributed by atoms with Gasteiger partial charge in [-0.1, -0.05) is 36.4 Å². The minimum atomic E-state index is -0.591. The molecule has 0 saturated heterocycles. The molecule has 6 nitrogen and oxygen atoms in total. The average Bonchev–Trinajstić information content (AvgIpc) is 3.71. The minimum Gasteiger partial charge on any atom is -0.493 e. The summed E-state index contributed by atoms with van der Waals surface area (Å²) in [5.41, 5.74) is 4.64. The number of carbonyl (C=O) groups is 2. The van der Waals surface area contributed by atoms with Crippen LogP contribution in [0.5, 0.6) is 5.75 Å². The number of nitrogens with one attached hydrogen (secondary N) is 2. The van der Waals surface area contributed by atoms with Gasteiger partial charge in [-0.25, -0.2) is 5.48 Å². The summed E-state index contributed by atoms with van der Waals surface area (Å²) in [4.78, 5) is 24.1. The number of ether oxygens (including phenoxy) is 1. The largest absolute Gasteiger partial charge is 0.493 e. The molecule has 31 heavy (non-hydrogen) atoms. The standard InChI is InChI=1S/C25H26N2O4/c28-24(27-30)13-10-17-4-6-18(7-5-17)14-23(25(29)26-21-11-12-21)20-2-1-3-22(15-20)31-16-19-8-9-19/h1-7,10,13-15,19,21,30H,8-9,11-12,16H2,(H,26,29)(H,27,28)/b13-10+,23-14-. The van der Waals surface area contributed by atoms with E-state index >= 15 is 0 Å². The lowest BCUT2D eigenvalue weighted by atomic mass is 10.0. The Balaban J connectivity index is 1.56. The summed E-state index contributed by atoms with van der Waals surface area (Å²) in [6.45, 7) is 0.722. The van der Waals surface area contributed by atoms with Crippen LogP contribution in [0, 0.1) is 5.92 Å². The van der Waals surface area contributed by atoms with Crippen molar-refractivity contribution in [3.63, 3.8) is 0 Å². The van der Waals surface area contributed by atoms with Gasteiger partial charge >= 0.3 is 0 Å². The second-order valence-corrected chi connectivity index (χ2v) is 8.06. The number of benzene rings is 2. The molecule has 2 aliphatic rings. The van der Waals surface area contributed by atoms with Gasteiger partial charge in [0.15, 0.2) is 0 Å². The van der Waals surface area contributed by atoms with Crippen molar-refractivity contribution in [1.29, 1.82) is 0 Å². The van der Waals surface area contributed by atoms with Gasteiger partial charge in [0.25, 0.3) is 11.8 Å². The normalized spacial score (nSPS) is 16.2. The third-order valence-electron chi connectivity index (χ3n) is 5.27. The predicted octanol–water partition coefficient (Wildman–Crippen LogP) is 3.81. The first kappa shape index (κ1) is 20.9. The van der Waals surface area contributed by atoms with E-state index in [1.165, 1.54) is 18.9 Å². The summed E-state index contributed by atoms with van der Waals surface area (Å²) in [6, 6.07) is 15.4. The highest BCUT2D eigenvalue weighted by Crippen LogP contribution is 2.30. The van der Waals surface area contributed by atoms with Gasteiger partial charge in [0.1, 0.15) is 5.75 Å². The zero-order valence-corrected chi connectivity index (χ0v) is 17.2. The van der Waals surface area contributed by atoms with Crippen LogP contribution in [0.4, 0.5) is 0 Å². The Morgan fingerprint density at radius 1 is 1.03 bits per heavy atom. The molecule has 0 aliphatic heterocycles. The van der Waals surface area contributed by atoms with Gasteiger partial charge in [-0.15, -0.1) is 0 Å². The fraction of sp³-hybridized carbons (Fsp3) is 0.280. The van der Waals surface area contributed by atoms with Gasteiger partial charge in [0.2, 0.25) is 0 Å². The van der Waals surface area contributed by atoms with Crippen molar-refractivity contribution >= 4 is 29.5 Å². The van der Waals surface area contributed by atoms with Crippen LogP contribution >= 0.6 is 0 Å². The molecule has 2 aliphatic carbocycles. The molecule has 0 heterocycles. The van der Waals surface area contributed by atoms with Crippen LogP contribution in [0.25, 0.3) is 17.7 Å². The van der Waals surface area contributed by atoms with Gasteiger partial charge in [0, 0.05) is 17.7 Å². The van der Waals surface area contributed by atoms with Gasteiger partial charge in [-0.2, -0.15) is 0 Å². The third-order valence-corrected chi connectivity index (χ3v) is 5.27. The van der Waals surface area contributed by atoms with Gasteiger partial charge < -0.3 is 10.1 Å². The Bertz CT molecular complexity index is 1000. The lowest BCUT2D eigenvalue weighted by molar-refractivity contribution is -0.124. The maximum Gasteiger partial charge on any atom is 0.267 e. The van der Waals surface area contributed by atoms with Crippen LogP contribution < -0.4 is 15.5 Å². The van der Waals surface area contributed by atoms with E-state index in [9.17, 15) is 9.59 Å². The van der Waals surface area contributed by atoms with Crippen molar-refractivity contribution in [1.82, 2.24) is 10.8 Å². The zero-order chi connectivity index (χ0) is 21.6. The predicted molar refractivity (Wildman–Crippen MR) is 119 cm³/mol. The number of hydrogen-bond acceptors (Lipinski definition) is 4. The van der Waals surface area contributed by atoms with Gasteiger partial charge in [0.05, 0.1) is 6.61 Å². The summed E-state index contributed by atoms with van der Waals surface area (Å²) >= 11 is 0. The molecule has 0 aromatic heterocycles. The summed E-state index contributed by atoms with van der Waals surface area (Å²) in [5.74, 6) is 0.752. The van der Waals surface area contributed by atoms with Crippen molar-refractivity contribution in [2.24, 2.45) is 5.92 Å². The summed E-state index contributed by atoms with van der Waals surface area (Å²) < 4.78 is 5.90. The molecule has 2 aromatic carbocycles. The molecule has 2 fully saturated rings. The van der Waals surface area contributed by atoms with Crippen molar-refractivity contribution in [3.05, 3.63) is 71.3 Å². The highest BCUT2D eigenvalue weighted by molar-refractivity contribution is 6.24. The van der Waals surface area contributed by atoms with E-state index < -0.39 is 5.91 Å². The quantitative estimate of drug-likeness (QED) is 0.250. The van der Waals surface area contributed by atoms with E-state index in [2.05, 4.69) is 5.32 Å². The molecule has 0 spiro atoms. The van der Waals surface area contributed by atoms with Crippen LogP contribution in [0.15, 0.2) is 54.6 Å². The van der Waals surface area contributed by atoms with Crippen LogP contribution in [-0.4, -0.2) is 29.7 Å². The van der Waals surface area contributed by atoms with Crippen molar-refractivity contribution < 1.29 is 19.5 Å². The summed E-state index contributed by atoms with van der Waals surface area (Å²) in [7, 11) is 0. The van der Waals surface area contributed by atoms with E-state index in [-0.39, 0.29) is 11.9 Å². The molecule has 2 amide bonds. The number of hydrogen-bond donors (Lipinski definition) is 3. The summed E-state index contributed by atoms with van der Waals surface area (Å²) in [5, 5.41) is 11.6. The third kappa shape index (κ3) is 6.30. The van der Waals surface area contributed by atoms with Crippen LogP contribution in [0.2, 0.25) is 0 Å². The van der Waals surface area contributed by atoms with Crippen molar-refractivity contribution in [2.75, 3.05) is 6.61 Å². The smallest absolute Gasteiger partial charge is 0.267 e. The Hall–Kier alpha value is -3.38. The average molecular weight is 418 g/mol. The Morgan fingerprint density at radius 3 is 2.45 bits per heavy atom. The van der Waals surface area contributed by atoms with Crippen LogP contribution in [0.1, 0.15) is 42.4 Å². The number of hydroxylamine groups is 1. The van der Waals surface area contributed by atoms with Crippen LogP contribution in [0.3, 0.4) is 0 Å². The second-order valence-electron chi connectivity index (χ2n) is 8.06. The minimum absolute atomic E-state index is 0.0922. The SMILES string of the molecule is O=C(/C=C/c1ccc(/C=C(\C(=O)NC2CC2)c2cccc(OCC3CC3)c2)cc1)NO. The molecular weight excluding hydrogens is 392 g/mol. The molecular formula is C25H26N2O4. The highest BCUT2D eigenvalue weighted by Gasteiger charge is 2.25. The molecule has 3 N–H and O–H groups in total. The molecule has 160 valence electrons. The second kappa shape index (κ2) is 9.62. The molecule has 0 unspecified atom stereocenters. The topological polar surface area (TPSA) is 87.7 Å². The molecule has 4 rings (SSSR count). The van der Waals surface area contributed by atoms with Crippen LogP contribution in [-0.2, 0) is 9.59 Å². The zero-order valence-electron chi connectivity index (χ0n) is 17.2. The van der Waals surface area contributed by atoms with Gasteiger partial charge in [-0.3, -0.25) is 14.8 Å². The van der Waals surface area contributed by atoms with E-state index in [0.29, 0.717) is 11.5 Å². The van der Waals surface area contributed by atoms with Gasteiger partial charge in [-0.05, 0) is 72.6 Å². The van der Waals surface area contributed by atoms with E-state index in [1.807, 2.05) is 54.6 Å². The lowest BCUT2D eigenvalue weighted by Gasteiger charge is -2.12. The Kier molecular flexibility index (Phi) is 6.48. The number of rotatable bonds is 9. The van der Waals surface area contributed by atoms with E-state index in [1.54, 1.807) is 11.6 Å². The number of amides is 2. The lowest BCUT2D eigenvalue weighted by Crippen LogP contribution is -2.26. The molecule has 0 radical (unpaired) electrons. The fourth-order valence-corrected chi connectivity index (χ4v) is 3.10. The summed E-state index contributed by atoms with van der Waals surface area (Å²) in [6.07, 6.45) is 9.20. The Morgan fingerprint density at radius 2 is 1.77 bits per heavy atom. The molecule has 0 atom stereocenters. The molecule has 0 bridgehead atoms. The first-order valence-electron chi connectivity index (χ1n) is 10.6. The molecule has 2 saturated carbocycles. The molecule has 6 heteroatoms. The van der Waals surface area contributed by atoms with Crippen molar-refractivity contribution in [2.45, 2.75) is 31.7 Å². The highest BCUT2D eigenvalue weighted by atomic mass is 16.5. The fourth-order valence-electron chi connectivity index (χ4n) is 3.10. The molecule has 2 aromatic rings. The maximum absolute atomic E-state index is 13.0. The number of carbonyl (C=O) groups excluding carboxylic acids is 2. The Labute approximate surface area is 181 Å². The monoisotopic (exact) mass is 418 g/mol. The van der Waals surface area contributed by atoms with Crippen molar-refractivity contribution in [3.8, 4) is 5.75 Å². The first-order valence-corrected chi connectivity index (χ1v) is 10.6. The maximum atomic E-state index is 13.0. The first-order chi connectivity index (χ1) is 15.1.